The molecule has 2 fully saturated rings. The number of likely N-dealkylation sites (tertiary alicyclic amines) is 1. The van der Waals surface area contributed by atoms with Gasteiger partial charge in [0, 0.05) is 38.9 Å². The van der Waals surface area contributed by atoms with Crippen LogP contribution in [0.15, 0.2) is 0 Å². The number of nitrogens with zero attached hydrogens (tertiary/aromatic N) is 4. The first-order valence-electron chi connectivity index (χ1n) is 10.6. The number of hydrogen-bond acceptors (Lipinski definition) is 4. The van der Waals surface area contributed by atoms with Crippen molar-refractivity contribution in [3.63, 3.8) is 0 Å². The van der Waals surface area contributed by atoms with Crippen LogP contribution in [-0.4, -0.2) is 51.1 Å². The Morgan fingerprint density at radius 3 is 2.48 bits per heavy atom. The number of nitrogens with one attached hydrogen (secondary N) is 1. The van der Waals surface area contributed by atoms with Crippen LogP contribution in [0.3, 0.4) is 0 Å². The highest BCUT2D eigenvalue weighted by Crippen LogP contribution is 2.34. The van der Waals surface area contributed by atoms with Gasteiger partial charge in [0.15, 0.2) is 0 Å². The molecule has 1 aromatic rings. The number of piperidine rings is 1. The van der Waals surface area contributed by atoms with E-state index in [0.29, 0.717) is 5.92 Å². The van der Waals surface area contributed by atoms with Gasteiger partial charge in [-0.2, -0.15) is 0 Å². The lowest BCUT2D eigenvalue weighted by Crippen LogP contribution is -2.38. The van der Waals surface area contributed by atoms with E-state index >= 15 is 0 Å². The van der Waals surface area contributed by atoms with Gasteiger partial charge in [0.05, 0.1) is 0 Å². The molecule has 2 aliphatic heterocycles. The van der Waals surface area contributed by atoms with Crippen LogP contribution in [0, 0.1) is 5.92 Å². The molecule has 0 radical (unpaired) electrons. The second-order valence-corrected chi connectivity index (χ2v) is 8.43. The van der Waals surface area contributed by atoms with Gasteiger partial charge >= 0.3 is 0 Å². The second kappa shape index (κ2) is 7.98. The molecule has 7 nitrogen and oxygen atoms in total. The topological polar surface area (TPSA) is 80.1 Å². The van der Waals surface area contributed by atoms with E-state index in [1.807, 2.05) is 4.90 Å². The van der Waals surface area contributed by atoms with Crippen LogP contribution in [0.4, 0.5) is 0 Å². The van der Waals surface area contributed by atoms with Gasteiger partial charge in [0.1, 0.15) is 17.7 Å². The van der Waals surface area contributed by atoms with Crippen LogP contribution in [0.5, 0.6) is 0 Å². The molecule has 1 aliphatic carbocycles. The summed E-state index contributed by atoms with van der Waals surface area (Å²) in [6.45, 7) is 3.96. The molecule has 148 valence electrons. The van der Waals surface area contributed by atoms with Crippen molar-refractivity contribution in [3.05, 3.63) is 11.6 Å². The summed E-state index contributed by atoms with van der Waals surface area (Å²) in [5.41, 5.74) is 0. The number of aryl methyl sites for hydroxylation is 1. The summed E-state index contributed by atoms with van der Waals surface area (Å²) in [7, 11) is 0. The van der Waals surface area contributed by atoms with Crippen molar-refractivity contribution in [2.45, 2.75) is 76.7 Å². The molecule has 27 heavy (non-hydrogen) atoms. The Kier molecular flexibility index (Phi) is 5.45. The summed E-state index contributed by atoms with van der Waals surface area (Å²) in [5, 5.41) is 12.0. The summed E-state index contributed by atoms with van der Waals surface area (Å²) >= 11 is 0. The van der Waals surface area contributed by atoms with Gasteiger partial charge in [-0.3, -0.25) is 9.59 Å². The van der Waals surface area contributed by atoms with Gasteiger partial charge < -0.3 is 14.8 Å². The fourth-order valence-electron chi connectivity index (χ4n) is 4.98. The fourth-order valence-corrected chi connectivity index (χ4v) is 4.98. The average molecular weight is 374 g/mol. The highest BCUT2D eigenvalue weighted by Gasteiger charge is 2.36. The molecular weight excluding hydrogens is 342 g/mol. The van der Waals surface area contributed by atoms with Gasteiger partial charge in [-0.1, -0.05) is 19.3 Å². The van der Waals surface area contributed by atoms with Crippen LogP contribution in [0.2, 0.25) is 0 Å². The number of carbonyl (C=O) groups excluding carboxylic acids is 2. The number of hydrogen-bond donors (Lipinski definition) is 1. The number of carbonyl (C=O) groups is 2. The van der Waals surface area contributed by atoms with Gasteiger partial charge in [0.25, 0.3) is 0 Å². The average Bonchev–Trinajstić information content (AvgIpc) is 3.29. The van der Waals surface area contributed by atoms with Crippen molar-refractivity contribution in [1.29, 1.82) is 0 Å². The SMILES string of the molecule is CC(=O)N1CCC(c2nnc3n2C(C(=O)NCC2CCCCC2)CC3)CC1. The molecule has 1 N–H and O–H groups in total. The van der Waals surface area contributed by atoms with E-state index in [1.165, 1.54) is 32.1 Å². The minimum atomic E-state index is -0.167. The Balaban J connectivity index is 1.40. The zero-order chi connectivity index (χ0) is 18.8. The van der Waals surface area contributed by atoms with Crippen LogP contribution in [-0.2, 0) is 16.0 Å². The first kappa shape index (κ1) is 18.4. The van der Waals surface area contributed by atoms with E-state index in [-0.39, 0.29) is 23.8 Å². The molecule has 0 bridgehead atoms. The Labute approximate surface area is 160 Å². The van der Waals surface area contributed by atoms with Gasteiger partial charge in [-0.15, -0.1) is 10.2 Å². The molecule has 7 heteroatoms. The van der Waals surface area contributed by atoms with Crippen LogP contribution < -0.4 is 5.32 Å². The minimum absolute atomic E-state index is 0.126. The predicted molar refractivity (Wildman–Crippen MR) is 101 cm³/mol. The standard InChI is InChI=1S/C20H31N5O2/c1-14(26)24-11-9-16(10-12-24)19-23-22-18-8-7-17(25(18)19)20(27)21-13-15-5-3-2-4-6-15/h15-17H,2-13H2,1H3,(H,21,27). The molecule has 0 aromatic carbocycles. The van der Waals surface area contributed by atoms with Crippen LogP contribution in [0.1, 0.15) is 81.9 Å². The van der Waals surface area contributed by atoms with E-state index in [2.05, 4.69) is 20.1 Å². The largest absolute Gasteiger partial charge is 0.354 e. The van der Waals surface area contributed by atoms with Crippen LogP contribution >= 0.6 is 0 Å². The van der Waals surface area contributed by atoms with Gasteiger partial charge in [0.2, 0.25) is 11.8 Å². The molecule has 1 saturated heterocycles. The lowest BCUT2D eigenvalue weighted by Gasteiger charge is -2.31. The van der Waals surface area contributed by atoms with Crippen molar-refractivity contribution in [2.24, 2.45) is 5.92 Å². The molecule has 3 heterocycles. The maximum absolute atomic E-state index is 12.9. The fraction of sp³-hybridized carbons (Fsp3) is 0.800. The highest BCUT2D eigenvalue weighted by molar-refractivity contribution is 5.81. The number of amides is 2. The molecule has 3 aliphatic rings. The maximum atomic E-state index is 12.9. The second-order valence-electron chi connectivity index (χ2n) is 8.43. The lowest BCUT2D eigenvalue weighted by atomic mass is 9.89. The Morgan fingerprint density at radius 2 is 1.78 bits per heavy atom. The zero-order valence-electron chi connectivity index (χ0n) is 16.3. The van der Waals surface area contributed by atoms with E-state index in [0.717, 1.165) is 57.0 Å². The van der Waals surface area contributed by atoms with Crippen molar-refractivity contribution < 1.29 is 9.59 Å². The van der Waals surface area contributed by atoms with Crippen molar-refractivity contribution in [1.82, 2.24) is 25.0 Å². The van der Waals surface area contributed by atoms with E-state index < -0.39 is 0 Å². The first-order chi connectivity index (χ1) is 13.1. The maximum Gasteiger partial charge on any atom is 0.243 e. The van der Waals surface area contributed by atoms with Crippen molar-refractivity contribution >= 4 is 11.8 Å². The molecule has 1 unspecified atom stereocenters. The molecule has 1 aromatic heterocycles. The summed E-state index contributed by atoms with van der Waals surface area (Å²) in [5.74, 6) is 3.08. The quantitative estimate of drug-likeness (QED) is 0.877. The van der Waals surface area contributed by atoms with Crippen molar-refractivity contribution in [2.75, 3.05) is 19.6 Å². The highest BCUT2D eigenvalue weighted by atomic mass is 16.2. The van der Waals surface area contributed by atoms with E-state index in [4.69, 9.17) is 0 Å². The summed E-state index contributed by atoms with van der Waals surface area (Å²) in [4.78, 5) is 26.3. The Morgan fingerprint density at radius 1 is 1.04 bits per heavy atom. The van der Waals surface area contributed by atoms with Gasteiger partial charge in [-0.05, 0) is 38.0 Å². The van der Waals surface area contributed by atoms with E-state index in [1.54, 1.807) is 6.92 Å². The predicted octanol–water partition coefficient (Wildman–Crippen LogP) is 2.19. The van der Waals surface area contributed by atoms with Crippen molar-refractivity contribution in [3.8, 4) is 0 Å². The molecule has 2 amide bonds. The third kappa shape index (κ3) is 3.87. The number of aromatic nitrogens is 3. The third-order valence-electron chi connectivity index (χ3n) is 6.64. The first-order valence-corrected chi connectivity index (χ1v) is 10.6. The molecule has 1 atom stereocenters. The minimum Gasteiger partial charge on any atom is -0.354 e. The third-order valence-corrected chi connectivity index (χ3v) is 6.64. The molecule has 1 saturated carbocycles. The Hall–Kier alpha value is -1.92. The molecule has 4 rings (SSSR count). The number of rotatable bonds is 4. The molecule has 0 spiro atoms. The smallest absolute Gasteiger partial charge is 0.243 e. The number of fused-ring (bicyclic) bond motifs is 1. The van der Waals surface area contributed by atoms with Gasteiger partial charge in [-0.25, -0.2) is 0 Å². The van der Waals surface area contributed by atoms with Crippen LogP contribution in [0.25, 0.3) is 0 Å². The monoisotopic (exact) mass is 373 g/mol. The normalized spacial score (nSPS) is 24.0. The lowest BCUT2D eigenvalue weighted by molar-refractivity contribution is -0.129. The summed E-state index contributed by atoms with van der Waals surface area (Å²) in [6, 6.07) is -0.167. The summed E-state index contributed by atoms with van der Waals surface area (Å²) in [6.07, 6.45) is 9.84. The zero-order valence-corrected chi connectivity index (χ0v) is 16.3. The van der Waals surface area contributed by atoms with E-state index in [9.17, 15) is 9.59 Å². The molecular formula is C20H31N5O2. The Bertz CT molecular complexity index is 687. The summed E-state index contributed by atoms with van der Waals surface area (Å²) < 4.78 is 2.10.